The second kappa shape index (κ2) is 8.12. The van der Waals surface area contributed by atoms with Crippen LogP contribution in [0.4, 0.5) is 0 Å². The summed E-state index contributed by atoms with van der Waals surface area (Å²) in [5.41, 5.74) is 0.761. The molecule has 0 unspecified atom stereocenters. The van der Waals surface area contributed by atoms with Crippen molar-refractivity contribution in [1.29, 1.82) is 0 Å². The summed E-state index contributed by atoms with van der Waals surface area (Å²) in [6, 6.07) is 2.09. The molecule has 0 bridgehead atoms. The lowest BCUT2D eigenvalue weighted by atomic mass is 9.98. The number of amides is 2. The van der Waals surface area contributed by atoms with Crippen molar-refractivity contribution in [3.05, 3.63) is 22.4 Å². The van der Waals surface area contributed by atoms with E-state index < -0.39 is 0 Å². The topological polar surface area (TPSA) is 52.6 Å². The molecule has 24 heavy (non-hydrogen) atoms. The zero-order chi connectivity index (χ0) is 16.9. The van der Waals surface area contributed by atoms with E-state index in [9.17, 15) is 9.59 Å². The van der Waals surface area contributed by atoms with Crippen LogP contribution in [0, 0.1) is 5.92 Å². The maximum absolute atomic E-state index is 12.4. The van der Waals surface area contributed by atoms with Crippen molar-refractivity contribution in [3.8, 4) is 0 Å². The average molecular weight is 350 g/mol. The summed E-state index contributed by atoms with van der Waals surface area (Å²) in [7, 11) is 0. The zero-order valence-electron chi connectivity index (χ0n) is 14.4. The Morgan fingerprint density at radius 1 is 1.38 bits per heavy atom. The van der Waals surface area contributed by atoms with E-state index >= 15 is 0 Å². The normalized spacial score (nSPS) is 24.7. The number of rotatable bonds is 7. The summed E-state index contributed by atoms with van der Waals surface area (Å²) in [6.07, 6.45) is 3.97. The highest BCUT2D eigenvalue weighted by molar-refractivity contribution is 7.08. The van der Waals surface area contributed by atoms with Gasteiger partial charge in [-0.3, -0.25) is 14.5 Å². The predicted molar refractivity (Wildman–Crippen MR) is 96.2 cm³/mol. The first-order valence-corrected chi connectivity index (χ1v) is 9.95. The van der Waals surface area contributed by atoms with Gasteiger partial charge in [0.15, 0.2) is 0 Å². The molecule has 2 saturated heterocycles. The molecule has 3 heterocycles. The van der Waals surface area contributed by atoms with Gasteiger partial charge in [-0.05, 0) is 30.2 Å². The summed E-state index contributed by atoms with van der Waals surface area (Å²) >= 11 is 1.55. The van der Waals surface area contributed by atoms with Crippen LogP contribution in [0.15, 0.2) is 16.8 Å². The lowest BCUT2D eigenvalue weighted by molar-refractivity contribution is -0.127. The summed E-state index contributed by atoms with van der Waals surface area (Å²) in [6.45, 7) is 6.75. The number of carbonyl (C=O) groups excluding carboxylic acids is 2. The van der Waals surface area contributed by atoms with Crippen molar-refractivity contribution in [3.63, 3.8) is 0 Å². The molecular weight excluding hydrogens is 322 g/mol. The third kappa shape index (κ3) is 4.16. The van der Waals surface area contributed by atoms with Gasteiger partial charge < -0.3 is 10.2 Å². The van der Waals surface area contributed by atoms with Crippen LogP contribution < -0.4 is 5.32 Å². The number of nitrogens with zero attached hydrogens (tertiary/aromatic N) is 2. The Kier molecular flexibility index (Phi) is 5.89. The molecule has 2 aliphatic rings. The molecule has 0 aromatic carbocycles. The monoisotopic (exact) mass is 349 g/mol. The Balaban J connectivity index is 1.53. The molecule has 5 nitrogen and oxygen atoms in total. The minimum atomic E-state index is 0.0407. The van der Waals surface area contributed by atoms with Gasteiger partial charge in [-0.25, -0.2) is 0 Å². The molecule has 6 heteroatoms. The molecule has 3 rings (SSSR count). The fourth-order valence-electron chi connectivity index (χ4n) is 3.82. The summed E-state index contributed by atoms with van der Waals surface area (Å²) in [5.74, 6) is 0.840. The molecule has 0 spiro atoms. The Labute approximate surface area is 148 Å². The molecule has 1 aromatic heterocycles. The molecule has 2 atom stereocenters. The number of thiophene rings is 1. The molecule has 2 amide bonds. The van der Waals surface area contributed by atoms with Crippen LogP contribution in [0.5, 0.6) is 0 Å². The first-order valence-electron chi connectivity index (χ1n) is 9.00. The summed E-state index contributed by atoms with van der Waals surface area (Å²) < 4.78 is 0. The molecule has 0 aliphatic carbocycles. The standard InChI is InChI=1S/C18H27N3O2S/c1-2-4-14-11-20(8-9-21-7-3-5-17(21)22)12-16(14)19-18(23)15-6-10-24-13-15/h6,10,13-14,16H,2-5,7-9,11-12H2,1H3,(H,19,23)/t14-,16-/m1/s1. The largest absolute Gasteiger partial charge is 0.348 e. The number of carbonyl (C=O) groups is 2. The Hall–Kier alpha value is -1.40. The Bertz CT molecular complexity index is 561. The van der Waals surface area contributed by atoms with Crippen molar-refractivity contribution in [2.45, 2.75) is 38.6 Å². The van der Waals surface area contributed by atoms with Gasteiger partial charge >= 0.3 is 0 Å². The Morgan fingerprint density at radius 2 is 2.25 bits per heavy atom. The van der Waals surface area contributed by atoms with Gasteiger partial charge in [0, 0.05) is 56.1 Å². The average Bonchev–Trinajstić information content (AvgIpc) is 3.28. The molecule has 1 N–H and O–H groups in total. The van der Waals surface area contributed by atoms with Crippen molar-refractivity contribution >= 4 is 23.2 Å². The van der Waals surface area contributed by atoms with Crippen LogP contribution in [0.25, 0.3) is 0 Å². The van der Waals surface area contributed by atoms with E-state index in [1.165, 1.54) is 0 Å². The number of nitrogens with one attached hydrogen (secondary N) is 1. The first-order chi connectivity index (χ1) is 11.7. The summed E-state index contributed by atoms with van der Waals surface area (Å²) in [5, 5.41) is 7.06. The third-order valence-corrected chi connectivity index (χ3v) is 5.82. The highest BCUT2D eigenvalue weighted by Crippen LogP contribution is 2.22. The second-order valence-electron chi connectivity index (χ2n) is 6.88. The number of likely N-dealkylation sites (tertiary alicyclic amines) is 2. The van der Waals surface area contributed by atoms with Crippen LogP contribution in [0.2, 0.25) is 0 Å². The highest BCUT2D eigenvalue weighted by Gasteiger charge is 2.33. The second-order valence-corrected chi connectivity index (χ2v) is 7.66. The molecular formula is C18H27N3O2S. The summed E-state index contributed by atoms with van der Waals surface area (Å²) in [4.78, 5) is 28.5. The van der Waals surface area contributed by atoms with Crippen LogP contribution in [-0.4, -0.2) is 60.4 Å². The van der Waals surface area contributed by atoms with Crippen molar-refractivity contribution in [2.24, 2.45) is 5.92 Å². The minimum Gasteiger partial charge on any atom is -0.348 e. The fourth-order valence-corrected chi connectivity index (χ4v) is 4.45. The molecule has 0 radical (unpaired) electrons. The van der Waals surface area contributed by atoms with Crippen molar-refractivity contribution < 1.29 is 9.59 Å². The van der Waals surface area contributed by atoms with E-state index in [1.807, 2.05) is 21.7 Å². The third-order valence-electron chi connectivity index (χ3n) is 5.13. The molecule has 2 fully saturated rings. The van der Waals surface area contributed by atoms with Crippen molar-refractivity contribution in [2.75, 3.05) is 32.7 Å². The number of hydrogen-bond donors (Lipinski definition) is 1. The SMILES string of the molecule is CCC[C@@H]1CN(CCN2CCCC2=O)C[C@H]1NC(=O)c1ccsc1. The number of hydrogen-bond acceptors (Lipinski definition) is 4. The molecule has 2 aliphatic heterocycles. The van der Waals surface area contributed by atoms with E-state index in [0.717, 1.165) is 57.5 Å². The lowest BCUT2D eigenvalue weighted by Crippen LogP contribution is -2.41. The smallest absolute Gasteiger partial charge is 0.252 e. The van der Waals surface area contributed by atoms with Gasteiger partial charge in [-0.15, -0.1) is 0 Å². The highest BCUT2D eigenvalue weighted by atomic mass is 32.1. The minimum absolute atomic E-state index is 0.0407. The van der Waals surface area contributed by atoms with Crippen LogP contribution in [0.1, 0.15) is 43.0 Å². The van der Waals surface area contributed by atoms with E-state index in [-0.39, 0.29) is 11.9 Å². The van der Waals surface area contributed by atoms with Gasteiger partial charge in [0.2, 0.25) is 5.91 Å². The van der Waals surface area contributed by atoms with E-state index in [4.69, 9.17) is 0 Å². The van der Waals surface area contributed by atoms with Gasteiger partial charge in [0.1, 0.15) is 0 Å². The maximum atomic E-state index is 12.4. The maximum Gasteiger partial charge on any atom is 0.252 e. The predicted octanol–water partition coefficient (Wildman–Crippen LogP) is 2.20. The first kappa shape index (κ1) is 17.4. The van der Waals surface area contributed by atoms with E-state index in [0.29, 0.717) is 18.2 Å². The van der Waals surface area contributed by atoms with Crippen LogP contribution in [-0.2, 0) is 4.79 Å². The van der Waals surface area contributed by atoms with Gasteiger partial charge in [-0.1, -0.05) is 13.3 Å². The van der Waals surface area contributed by atoms with Gasteiger partial charge in [-0.2, -0.15) is 11.3 Å². The lowest BCUT2D eigenvalue weighted by Gasteiger charge is -2.21. The molecule has 1 aromatic rings. The van der Waals surface area contributed by atoms with E-state index in [1.54, 1.807) is 11.3 Å². The zero-order valence-corrected chi connectivity index (χ0v) is 15.2. The fraction of sp³-hybridized carbons (Fsp3) is 0.667. The van der Waals surface area contributed by atoms with Gasteiger partial charge in [0.25, 0.3) is 5.91 Å². The van der Waals surface area contributed by atoms with E-state index in [2.05, 4.69) is 17.1 Å². The van der Waals surface area contributed by atoms with Crippen molar-refractivity contribution in [1.82, 2.24) is 15.1 Å². The quantitative estimate of drug-likeness (QED) is 0.821. The van der Waals surface area contributed by atoms with Crippen LogP contribution in [0.3, 0.4) is 0 Å². The molecule has 0 saturated carbocycles. The Morgan fingerprint density at radius 3 is 2.92 bits per heavy atom. The van der Waals surface area contributed by atoms with Crippen LogP contribution >= 0.6 is 11.3 Å². The molecule has 132 valence electrons. The van der Waals surface area contributed by atoms with Gasteiger partial charge in [0.05, 0.1) is 0 Å².